The van der Waals surface area contributed by atoms with Crippen molar-refractivity contribution in [1.82, 2.24) is 9.88 Å². The molecule has 0 amide bonds. The Morgan fingerprint density at radius 2 is 2.16 bits per heavy atom. The van der Waals surface area contributed by atoms with E-state index in [0.29, 0.717) is 6.54 Å². The van der Waals surface area contributed by atoms with E-state index in [9.17, 15) is 0 Å². The van der Waals surface area contributed by atoms with E-state index in [1.165, 1.54) is 10.4 Å². The number of hydrogen-bond acceptors (Lipinski definition) is 4. The second-order valence-electron chi connectivity index (χ2n) is 4.50. The minimum Gasteiger partial charge on any atom is -0.329 e. The van der Waals surface area contributed by atoms with Crippen molar-refractivity contribution in [2.45, 2.75) is 12.5 Å². The van der Waals surface area contributed by atoms with Gasteiger partial charge in [0, 0.05) is 40.2 Å². The van der Waals surface area contributed by atoms with Gasteiger partial charge in [-0.05, 0) is 53.2 Å². The highest BCUT2D eigenvalue weighted by Crippen LogP contribution is 2.28. The zero-order valence-corrected chi connectivity index (χ0v) is 13.3. The minimum atomic E-state index is 0.290. The fourth-order valence-electron chi connectivity index (χ4n) is 2.03. The predicted molar refractivity (Wildman–Crippen MR) is 84.4 cm³/mol. The lowest BCUT2D eigenvalue weighted by atomic mass is 10.1. The third kappa shape index (κ3) is 4.11. The monoisotopic (exact) mass is 339 g/mol. The van der Waals surface area contributed by atoms with Crippen molar-refractivity contribution < 1.29 is 0 Å². The summed E-state index contributed by atoms with van der Waals surface area (Å²) in [6.45, 7) is 1.63. The van der Waals surface area contributed by atoms with Crippen LogP contribution in [0.5, 0.6) is 0 Å². The van der Waals surface area contributed by atoms with Gasteiger partial charge in [0.15, 0.2) is 0 Å². The van der Waals surface area contributed by atoms with Crippen molar-refractivity contribution in [3.63, 3.8) is 0 Å². The van der Waals surface area contributed by atoms with Gasteiger partial charge in [-0.1, -0.05) is 0 Å². The Morgan fingerprint density at radius 3 is 2.74 bits per heavy atom. The molecule has 0 aliphatic heterocycles. The van der Waals surface area contributed by atoms with E-state index in [-0.39, 0.29) is 6.04 Å². The van der Waals surface area contributed by atoms with Gasteiger partial charge in [0.25, 0.3) is 0 Å². The largest absolute Gasteiger partial charge is 0.329 e. The molecule has 0 bridgehead atoms. The van der Waals surface area contributed by atoms with Gasteiger partial charge >= 0.3 is 0 Å². The number of hydrogen-bond donors (Lipinski definition) is 1. The number of rotatable bonds is 6. The molecule has 0 spiro atoms. The molecule has 1 atom stereocenters. The van der Waals surface area contributed by atoms with Crippen LogP contribution in [0.4, 0.5) is 0 Å². The molecule has 2 rings (SSSR count). The number of pyridine rings is 1. The highest BCUT2D eigenvalue weighted by atomic mass is 79.9. The van der Waals surface area contributed by atoms with Crippen LogP contribution in [0.15, 0.2) is 40.4 Å². The third-order valence-corrected chi connectivity index (χ3v) is 4.97. The number of nitrogens with two attached hydrogens (primary N) is 1. The van der Waals surface area contributed by atoms with E-state index in [1.807, 2.05) is 12.4 Å². The number of nitrogens with zero attached hydrogens (tertiary/aromatic N) is 2. The quantitative estimate of drug-likeness (QED) is 0.879. The van der Waals surface area contributed by atoms with Gasteiger partial charge in [-0.25, -0.2) is 0 Å². The first-order chi connectivity index (χ1) is 9.20. The zero-order valence-electron chi connectivity index (χ0n) is 10.9. The van der Waals surface area contributed by atoms with Crippen LogP contribution in [0.25, 0.3) is 0 Å². The molecule has 1 unspecified atom stereocenters. The van der Waals surface area contributed by atoms with Crippen LogP contribution < -0.4 is 5.73 Å². The van der Waals surface area contributed by atoms with Gasteiger partial charge in [0.2, 0.25) is 0 Å². The number of thiophene rings is 1. The maximum absolute atomic E-state index is 5.92. The highest BCUT2D eigenvalue weighted by molar-refractivity contribution is 9.10. The predicted octanol–water partition coefficient (Wildman–Crippen LogP) is 3.08. The standard InChI is InChI=1S/C14H18BrN3S/c1-18(7-4-11-2-5-17-6-3-11)13(9-16)14-8-12(15)10-19-14/h2-3,5-6,8,10,13H,4,7,9,16H2,1H3. The molecule has 2 aromatic rings. The summed E-state index contributed by atoms with van der Waals surface area (Å²) in [5.41, 5.74) is 7.23. The molecule has 0 saturated heterocycles. The summed E-state index contributed by atoms with van der Waals surface area (Å²) in [4.78, 5) is 7.67. The molecule has 0 fully saturated rings. The van der Waals surface area contributed by atoms with E-state index in [4.69, 9.17) is 5.73 Å². The molecule has 0 aliphatic carbocycles. The molecule has 102 valence electrons. The minimum absolute atomic E-state index is 0.290. The van der Waals surface area contributed by atoms with Crippen LogP contribution >= 0.6 is 27.3 Å². The van der Waals surface area contributed by atoms with Crippen LogP contribution in [-0.4, -0.2) is 30.0 Å². The van der Waals surface area contributed by atoms with Crippen LogP contribution in [0.1, 0.15) is 16.5 Å². The van der Waals surface area contributed by atoms with Crippen molar-refractivity contribution in [1.29, 1.82) is 0 Å². The van der Waals surface area contributed by atoms with Gasteiger partial charge < -0.3 is 5.73 Å². The summed E-state index contributed by atoms with van der Waals surface area (Å²) in [6.07, 6.45) is 4.69. The zero-order chi connectivity index (χ0) is 13.7. The first-order valence-electron chi connectivity index (χ1n) is 6.24. The summed E-state index contributed by atoms with van der Waals surface area (Å²) in [6, 6.07) is 6.57. The first-order valence-corrected chi connectivity index (χ1v) is 7.91. The van der Waals surface area contributed by atoms with Crippen LogP contribution in [0.3, 0.4) is 0 Å². The summed E-state index contributed by atoms with van der Waals surface area (Å²) < 4.78 is 1.13. The second-order valence-corrected chi connectivity index (χ2v) is 6.36. The summed E-state index contributed by atoms with van der Waals surface area (Å²) in [5.74, 6) is 0. The maximum atomic E-state index is 5.92. The molecule has 0 aromatic carbocycles. The fourth-order valence-corrected chi connectivity index (χ4v) is 3.65. The normalized spacial score (nSPS) is 12.8. The second kappa shape index (κ2) is 7.14. The molecule has 5 heteroatoms. The lowest BCUT2D eigenvalue weighted by Gasteiger charge is -2.26. The molecule has 19 heavy (non-hydrogen) atoms. The van der Waals surface area contributed by atoms with Crippen LogP contribution in [-0.2, 0) is 6.42 Å². The lowest BCUT2D eigenvalue weighted by molar-refractivity contribution is 0.256. The molecule has 2 heterocycles. The van der Waals surface area contributed by atoms with E-state index in [1.54, 1.807) is 11.3 Å². The van der Waals surface area contributed by atoms with Crippen molar-refractivity contribution in [3.8, 4) is 0 Å². The van der Waals surface area contributed by atoms with E-state index >= 15 is 0 Å². The van der Waals surface area contributed by atoms with E-state index < -0.39 is 0 Å². The molecule has 2 aromatic heterocycles. The van der Waals surface area contributed by atoms with Crippen molar-refractivity contribution in [3.05, 3.63) is 50.9 Å². The first kappa shape index (κ1) is 14.7. The topological polar surface area (TPSA) is 42.2 Å². The fraction of sp³-hybridized carbons (Fsp3) is 0.357. The lowest BCUT2D eigenvalue weighted by Crippen LogP contribution is -2.31. The van der Waals surface area contributed by atoms with Gasteiger partial charge in [-0.15, -0.1) is 11.3 Å². The third-order valence-electron chi connectivity index (χ3n) is 3.17. The molecule has 2 N–H and O–H groups in total. The molecule has 0 radical (unpaired) electrons. The van der Waals surface area contributed by atoms with Gasteiger partial charge in [-0.2, -0.15) is 0 Å². The van der Waals surface area contributed by atoms with Gasteiger partial charge in [-0.3, -0.25) is 9.88 Å². The molecule has 0 aliphatic rings. The Kier molecular flexibility index (Phi) is 5.51. The Morgan fingerprint density at radius 1 is 1.42 bits per heavy atom. The van der Waals surface area contributed by atoms with Crippen LogP contribution in [0, 0.1) is 0 Å². The summed E-state index contributed by atoms with van der Waals surface area (Å²) in [5, 5.41) is 2.11. The molecular weight excluding hydrogens is 322 g/mol. The number of likely N-dealkylation sites (N-methyl/N-ethyl adjacent to an activating group) is 1. The molecular formula is C14H18BrN3S. The Balaban J connectivity index is 1.96. The highest BCUT2D eigenvalue weighted by Gasteiger charge is 2.16. The maximum Gasteiger partial charge on any atom is 0.0562 e. The summed E-state index contributed by atoms with van der Waals surface area (Å²) >= 11 is 5.25. The Bertz CT molecular complexity index is 500. The molecule has 0 saturated carbocycles. The summed E-state index contributed by atoms with van der Waals surface area (Å²) in [7, 11) is 2.13. The van der Waals surface area contributed by atoms with Crippen molar-refractivity contribution in [2.24, 2.45) is 5.73 Å². The Hall–Kier alpha value is -0.750. The van der Waals surface area contributed by atoms with Crippen LogP contribution in [0.2, 0.25) is 0 Å². The smallest absolute Gasteiger partial charge is 0.0562 e. The molecule has 3 nitrogen and oxygen atoms in total. The van der Waals surface area contributed by atoms with Gasteiger partial charge in [0.05, 0.1) is 6.04 Å². The average molecular weight is 340 g/mol. The van der Waals surface area contributed by atoms with Crippen molar-refractivity contribution >= 4 is 27.3 Å². The number of halogens is 1. The van der Waals surface area contributed by atoms with Gasteiger partial charge in [0.1, 0.15) is 0 Å². The Labute approximate surface area is 126 Å². The van der Waals surface area contributed by atoms with Crippen molar-refractivity contribution in [2.75, 3.05) is 20.1 Å². The average Bonchev–Trinajstić information content (AvgIpc) is 2.85. The van der Waals surface area contributed by atoms with E-state index in [2.05, 4.69) is 56.4 Å². The number of aromatic nitrogens is 1. The SMILES string of the molecule is CN(CCc1ccncc1)C(CN)c1cc(Br)cs1. The van der Waals surface area contributed by atoms with E-state index in [0.717, 1.165) is 17.4 Å².